The monoisotopic (exact) mass is 962 g/mol. The van der Waals surface area contributed by atoms with Crippen molar-refractivity contribution in [2.75, 3.05) is 27.3 Å². The van der Waals surface area contributed by atoms with Gasteiger partial charge in [0.1, 0.15) is 35.3 Å². The number of likely N-dealkylation sites (tertiary alicyclic amines) is 2. The summed E-state index contributed by atoms with van der Waals surface area (Å²) in [7, 11) is 2.54. The highest BCUT2D eigenvalue weighted by Gasteiger charge is 2.40. The number of hydrogen-bond acceptors (Lipinski definition) is 11. The minimum atomic E-state index is -0.777. The highest BCUT2D eigenvalue weighted by atomic mass is 32.1. The van der Waals surface area contributed by atoms with Crippen molar-refractivity contribution in [3.05, 3.63) is 81.8 Å². The Morgan fingerprint density at radius 2 is 1.36 bits per heavy atom. The number of hydrogen-bond donors (Lipinski definition) is 4. The number of imidazole rings is 2. The lowest BCUT2D eigenvalue weighted by Gasteiger charge is -2.30. The molecule has 2 fully saturated rings. The number of nitrogens with one attached hydrogen (secondary N) is 4. The van der Waals surface area contributed by atoms with Gasteiger partial charge in [0.05, 0.1) is 82.4 Å². The van der Waals surface area contributed by atoms with Crippen molar-refractivity contribution in [1.82, 2.24) is 49.9 Å². The first-order valence-electron chi connectivity index (χ1n) is 23.6. The molecule has 7 heterocycles. The number of halogens is 1. The standard InChI is InChI=1S/C50H59FN10O7S/c1-24(2)40(57-49(64)66-8)46(62)59-16-10-12-35(59)43-52-22-32(55-43)28-14-15-34-30(18-28)20-37-39-31(51)19-29(21-38(39)68-48(61(34)37)42-27(7)54-45(69-42)26(5)6)33-23-53-44(56-33)36-13-11-17-60(36)47(63)41(25(3)4)58-50(65)67-9/h14-15,18-26,35-36,40-41,48H,10-13,16-17H2,1-9H3,(H,52,55)(H,53,56)(H,57,64)(H,58,65)/t35-,36-,40-,41-,48?/m0/s1. The number of nitrogens with zero attached hydrogens (tertiary/aromatic N) is 6. The Labute approximate surface area is 403 Å². The van der Waals surface area contributed by atoms with Gasteiger partial charge in [0.2, 0.25) is 18.0 Å². The van der Waals surface area contributed by atoms with E-state index in [0.717, 1.165) is 50.6 Å². The van der Waals surface area contributed by atoms with E-state index in [9.17, 15) is 19.2 Å². The van der Waals surface area contributed by atoms with Gasteiger partial charge in [-0.25, -0.2) is 28.9 Å². The zero-order valence-electron chi connectivity index (χ0n) is 40.3. The molecule has 1 unspecified atom stereocenters. The molecular weight excluding hydrogens is 904 g/mol. The number of carbonyl (C=O) groups excluding carboxylic acids is 4. The Hall–Kier alpha value is -6.76. The molecule has 9 rings (SSSR count). The van der Waals surface area contributed by atoms with Crippen molar-refractivity contribution in [3.63, 3.8) is 0 Å². The molecule has 69 heavy (non-hydrogen) atoms. The van der Waals surface area contributed by atoms with E-state index in [4.69, 9.17) is 29.2 Å². The molecule has 3 aliphatic heterocycles. The van der Waals surface area contributed by atoms with Gasteiger partial charge in [-0.15, -0.1) is 11.3 Å². The third-order valence-electron chi connectivity index (χ3n) is 13.5. The lowest BCUT2D eigenvalue weighted by Crippen LogP contribution is -2.51. The second-order valence-electron chi connectivity index (χ2n) is 19.1. The predicted octanol–water partition coefficient (Wildman–Crippen LogP) is 9.14. The number of thiazole rings is 1. The van der Waals surface area contributed by atoms with Crippen molar-refractivity contribution in [1.29, 1.82) is 0 Å². The van der Waals surface area contributed by atoms with E-state index >= 15 is 4.39 Å². The normalized spacial score (nSPS) is 18.7. The fraction of sp³-hybridized carbons (Fsp3) is 0.460. The SMILES string of the molecule is COC(=O)N[C@H](C(=O)N1CCC[C@H]1c1ncc(-c2cc(F)c3c(c2)OC(c2sc(C(C)C)nc2C)n2c-3cc3cc(-c4cnc([C@@H]5CCCN5C(=O)[C@@H](NC(=O)OC)C(C)C)[nH]4)ccc32)[nH]1)C(C)C. The van der Waals surface area contributed by atoms with Crippen molar-refractivity contribution in [3.8, 4) is 39.5 Å². The number of fused-ring (bicyclic) bond motifs is 5. The van der Waals surface area contributed by atoms with Gasteiger partial charge in [0.15, 0.2) is 0 Å². The van der Waals surface area contributed by atoms with Crippen LogP contribution in [0.2, 0.25) is 0 Å². The summed E-state index contributed by atoms with van der Waals surface area (Å²) in [5.41, 5.74) is 5.34. The summed E-state index contributed by atoms with van der Waals surface area (Å²) in [6.07, 6.45) is 4.36. The summed E-state index contributed by atoms with van der Waals surface area (Å²) in [6.45, 7) is 14.7. The van der Waals surface area contributed by atoms with Gasteiger partial charge in [-0.2, -0.15) is 0 Å². The number of benzene rings is 2. The Morgan fingerprint density at radius 3 is 1.88 bits per heavy atom. The fourth-order valence-electron chi connectivity index (χ4n) is 9.87. The van der Waals surface area contributed by atoms with Crippen molar-refractivity contribution >= 4 is 46.2 Å². The molecule has 0 spiro atoms. The van der Waals surface area contributed by atoms with E-state index in [1.54, 1.807) is 33.5 Å². The smallest absolute Gasteiger partial charge is 0.407 e. The molecule has 4 amide bonds. The van der Waals surface area contributed by atoms with Crippen LogP contribution in [0.1, 0.15) is 119 Å². The zero-order valence-corrected chi connectivity index (χ0v) is 41.1. The van der Waals surface area contributed by atoms with E-state index < -0.39 is 36.3 Å². The molecule has 0 bridgehead atoms. The highest BCUT2D eigenvalue weighted by molar-refractivity contribution is 7.11. The summed E-state index contributed by atoms with van der Waals surface area (Å²) < 4.78 is 35.5. The van der Waals surface area contributed by atoms with Crippen LogP contribution in [0.4, 0.5) is 14.0 Å². The number of ether oxygens (including phenoxy) is 3. The van der Waals surface area contributed by atoms with Gasteiger partial charge in [-0.05, 0) is 74.8 Å². The summed E-state index contributed by atoms with van der Waals surface area (Å²) in [6, 6.07) is 9.17. The molecule has 6 aromatic rings. The molecule has 4 aromatic heterocycles. The number of methoxy groups -OCH3 is 2. The third kappa shape index (κ3) is 8.80. The maximum atomic E-state index is 17.0. The number of amides is 4. The van der Waals surface area contributed by atoms with Crippen LogP contribution in [0.25, 0.3) is 44.7 Å². The first kappa shape index (κ1) is 47.3. The van der Waals surface area contributed by atoms with Gasteiger partial charge >= 0.3 is 12.2 Å². The number of H-pyrrole nitrogens is 2. The van der Waals surface area contributed by atoms with E-state index in [2.05, 4.69) is 34.4 Å². The molecule has 364 valence electrons. The molecule has 0 radical (unpaired) electrons. The molecule has 2 saturated heterocycles. The van der Waals surface area contributed by atoms with Gasteiger partial charge in [-0.3, -0.25) is 14.2 Å². The predicted molar refractivity (Wildman–Crippen MR) is 258 cm³/mol. The molecule has 19 heteroatoms. The summed E-state index contributed by atoms with van der Waals surface area (Å²) >= 11 is 1.58. The van der Waals surface area contributed by atoms with E-state index in [-0.39, 0.29) is 41.7 Å². The number of aromatic nitrogens is 6. The van der Waals surface area contributed by atoms with Crippen molar-refractivity contribution in [2.24, 2.45) is 11.8 Å². The van der Waals surface area contributed by atoms with Crippen LogP contribution < -0.4 is 15.4 Å². The molecule has 5 atom stereocenters. The average Bonchev–Trinajstić information content (AvgIpc) is 4.19. The second-order valence-corrected chi connectivity index (χ2v) is 20.2. The Kier molecular flexibility index (Phi) is 13.0. The fourth-order valence-corrected chi connectivity index (χ4v) is 11.0. The number of aromatic amines is 2. The summed E-state index contributed by atoms with van der Waals surface area (Å²) in [5, 5.41) is 7.22. The number of rotatable bonds is 12. The number of alkyl carbamates (subject to hydrolysis) is 2. The van der Waals surface area contributed by atoms with E-state index in [1.807, 2.05) is 69.5 Å². The summed E-state index contributed by atoms with van der Waals surface area (Å²) in [5.74, 6) is 0.550. The number of aryl methyl sites for hydroxylation is 1. The van der Waals surface area contributed by atoms with Crippen LogP contribution in [0.3, 0.4) is 0 Å². The first-order chi connectivity index (χ1) is 33.1. The third-order valence-corrected chi connectivity index (χ3v) is 15.0. The van der Waals surface area contributed by atoms with E-state index in [0.29, 0.717) is 65.8 Å². The molecule has 2 aromatic carbocycles. The molecule has 4 N–H and O–H groups in total. The molecule has 0 aliphatic carbocycles. The average molecular weight is 963 g/mol. The molecule has 3 aliphatic rings. The Bertz CT molecular complexity index is 2940. The lowest BCUT2D eigenvalue weighted by atomic mass is 10.0. The quantitative estimate of drug-likeness (QED) is 0.0917. The summed E-state index contributed by atoms with van der Waals surface area (Å²) in [4.78, 5) is 77.6. The highest BCUT2D eigenvalue weighted by Crippen LogP contribution is 2.49. The van der Waals surface area contributed by atoms with Crippen LogP contribution in [0.5, 0.6) is 5.75 Å². The van der Waals surface area contributed by atoms with Crippen LogP contribution in [0, 0.1) is 24.6 Å². The van der Waals surface area contributed by atoms with Crippen LogP contribution >= 0.6 is 11.3 Å². The van der Waals surface area contributed by atoms with Crippen LogP contribution in [-0.2, 0) is 19.1 Å². The van der Waals surface area contributed by atoms with Crippen molar-refractivity contribution < 1.29 is 37.8 Å². The van der Waals surface area contributed by atoms with Gasteiger partial charge < -0.3 is 44.6 Å². The van der Waals surface area contributed by atoms with Gasteiger partial charge in [0, 0.05) is 35.5 Å². The Morgan fingerprint density at radius 1 is 0.797 bits per heavy atom. The van der Waals surface area contributed by atoms with Gasteiger partial charge in [0.25, 0.3) is 0 Å². The largest absolute Gasteiger partial charge is 0.464 e. The van der Waals surface area contributed by atoms with Crippen molar-refractivity contribution in [2.45, 2.75) is 110 Å². The topological polar surface area (TPSA) is 202 Å². The zero-order chi connectivity index (χ0) is 49.0. The maximum absolute atomic E-state index is 17.0. The maximum Gasteiger partial charge on any atom is 0.407 e. The minimum absolute atomic E-state index is 0.157. The minimum Gasteiger partial charge on any atom is -0.464 e. The van der Waals surface area contributed by atoms with Crippen LogP contribution in [-0.4, -0.2) is 103 Å². The molecular formula is C50H59FN10O7S. The lowest BCUT2D eigenvalue weighted by molar-refractivity contribution is -0.136. The Balaban J connectivity index is 1.05. The first-order valence-corrected chi connectivity index (χ1v) is 24.4. The molecule has 0 saturated carbocycles. The van der Waals surface area contributed by atoms with Gasteiger partial charge in [-0.1, -0.05) is 47.6 Å². The molecule has 17 nitrogen and oxygen atoms in total. The number of carbonyl (C=O) groups is 4. The second kappa shape index (κ2) is 19.0. The van der Waals surface area contributed by atoms with E-state index in [1.165, 1.54) is 20.3 Å². The van der Waals surface area contributed by atoms with Crippen LogP contribution in [0.15, 0.2) is 48.8 Å².